The van der Waals surface area contributed by atoms with Gasteiger partial charge in [0.25, 0.3) is 5.91 Å². The van der Waals surface area contributed by atoms with E-state index in [2.05, 4.69) is 0 Å². The number of ether oxygens (including phenoxy) is 1. The summed E-state index contributed by atoms with van der Waals surface area (Å²) in [5, 5.41) is 1.05. The third-order valence-electron chi connectivity index (χ3n) is 7.22. The van der Waals surface area contributed by atoms with Crippen LogP contribution < -0.4 is 0 Å². The number of nitrogens with zero attached hydrogens (tertiary/aromatic N) is 2. The molecule has 1 aromatic heterocycles. The van der Waals surface area contributed by atoms with Crippen molar-refractivity contribution >= 4 is 46.0 Å². The summed E-state index contributed by atoms with van der Waals surface area (Å²) >= 11 is 13.3. The van der Waals surface area contributed by atoms with Crippen molar-refractivity contribution in [1.82, 2.24) is 9.47 Å². The van der Waals surface area contributed by atoms with Gasteiger partial charge in [0.2, 0.25) is 0 Å². The molecule has 1 amide bonds. The number of likely N-dealkylation sites (tertiary alicyclic amines) is 1. The molecule has 4 rings (SSSR count). The minimum Gasteiger partial charge on any atom is -0.466 e. The molecule has 1 saturated heterocycles. The second kappa shape index (κ2) is 10.8. The largest absolute Gasteiger partial charge is 0.466 e. The number of fused-ring (bicyclic) bond motifs is 1. The minimum atomic E-state index is -4.45. The Morgan fingerprint density at radius 3 is 2.47 bits per heavy atom. The van der Waals surface area contributed by atoms with Crippen molar-refractivity contribution in [3.05, 3.63) is 68.3 Å². The van der Waals surface area contributed by atoms with Crippen molar-refractivity contribution in [2.24, 2.45) is 11.8 Å². The van der Waals surface area contributed by atoms with Crippen molar-refractivity contribution in [3.8, 4) is 0 Å². The second-order valence-corrected chi connectivity index (χ2v) is 10.7. The summed E-state index contributed by atoms with van der Waals surface area (Å²) in [5.41, 5.74) is 1.90. The van der Waals surface area contributed by atoms with Gasteiger partial charge in [0.05, 0.1) is 40.7 Å². The van der Waals surface area contributed by atoms with E-state index >= 15 is 0 Å². The summed E-state index contributed by atoms with van der Waals surface area (Å²) in [7, 11) is 0. The van der Waals surface area contributed by atoms with E-state index < -0.39 is 11.7 Å². The van der Waals surface area contributed by atoms with E-state index in [9.17, 15) is 22.8 Å². The van der Waals surface area contributed by atoms with E-state index in [4.69, 9.17) is 27.9 Å². The summed E-state index contributed by atoms with van der Waals surface area (Å²) in [6.45, 7) is 8.34. The quantitative estimate of drug-likeness (QED) is 0.303. The van der Waals surface area contributed by atoms with Gasteiger partial charge in [-0.15, -0.1) is 0 Å². The van der Waals surface area contributed by atoms with Crippen LogP contribution in [0.1, 0.15) is 52.9 Å². The maximum Gasteiger partial charge on any atom is 0.416 e. The van der Waals surface area contributed by atoms with Gasteiger partial charge >= 0.3 is 12.1 Å². The lowest BCUT2D eigenvalue weighted by molar-refractivity contribution is -0.151. The van der Waals surface area contributed by atoms with Crippen LogP contribution in [-0.4, -0.2) is 41.0 Å². The first kappa shape index (κ1) is 28.3. The molecule has 1 aliphatic rings. The SMILES string of the molecule is CCOC(=O)[C@@H]1CCN(C(=O)c2ccc(Cl)c(Cn3cc(C)c4cc(C(F)(F)F)cc(C)c43)c2Cl)CC1C. The van der Waals surface area contributed by atoms with E-state index in [1.165, 1.54) is 0 Å². The summed E-state index contributed by atoms with van der Waals surface area (Å²) < 4.78 is 47.1. The monoisotopic (exact) mass is 568 g/mol. The highest BCUT2D eigenvalue weighted by Crippen LogP contribution is 2.37. The zero-order valence-corrected chi connectivity index (χ0v) is 23.1. The Morgan fingerprint density at radius 2 is 1.84 bits per heavy atom. The van der Waals surface area contributed by atoms with E-state index in [-0.39, 0.29) is 40.8 Å². The molecule has 0 aliphatic carbocycles. The van der Waals surface area contributed by atoms with Gasteiger partial charge in [0.15, 0.2) is 0 Å². The molecule has 5 nitrogen and oxygen atoms in total. The number of hydrogen-bond donors (Lipinski definition) is 0. The number of carbonyl (C=O) groups excluding carboxylic acids is 2. The zero-order valence-electron chi connectivity index (χ0n) is 21.6. The molecule has 0 radical (unpaired) electrons. The Morgan fingerprint density at radius 1 is 1.13 bits per heavy atom. The molecule has 3 aromatic rings. The van der Waals surface area contributed by atoms with Gasteiger partial charge < -0.3 is 14.2 Å². The fourth-order valence-corrected chi connectivity index (χ4v) is 5.87. The molecular formula is C28H29Cl2F3N2O3. The van der Waals surface area contributed by atoms with Crippen LogP contribution in [-0.2, 0) is 22.3 Å². The molecule has 1 unspecified atom stereocenters. The number of amides is 1. The normalized spacial score (nSPS) is 18.2. The Balaban J connectivity index is 1.63. The van der Waals surface area contributed by atoms with Crippen molar-refractivity contribution in [3.63, 3.8) is 0 Å². The molecule has 2 heterocycles. The summed E-state index contributed by atoms with van der Waals surface area (Å²) in [4.78, 5) is 27.4. The van der Waals surface area contributed by atoms with Crippen molar-refractivity contribution in [2.75, 3.05) is 19.7 Å². The van der Waals surface area contributed by atoms with Gasteiger partial charge in [0, 0.05) is 35.3 Å². The fourth-order valence-electron chi connectivity index (χ4n) is 5.30. The predicted molar refractivity (Wildman–Crippen MR) is 142 cm³/mol. The fraction of sp³-hybridized carbons (Fsp3) is 0.429. The van der Waals surface area contributed by atoms with E-state index in [0.29, 0.717) is 58.7 Å². The van der Waals surface area contributed by atoms with Crippen LogP contribution in [0.25, 0.3) is 10.9 Å². The number of hydrogen-bond acceptors (Lipinski definition) is 3. The number of esters is 1. The topological polar surface area (TPSA) is 51.5 Å². The molecule has 1 aliphatic heterocycles. The lowest BCUT2D eigenvalue weighted by Gasteiger charge is -2.36. The van der Waals surface area contributed by atoms with Crippen LogP contribution in [0, 0.1) is 25.7 Å². The van der Waals surface area contributed by atoms with E-state index in [0.717, 1.165) is 12.1 Å². The maximum absolute atomic E-state index is 13.5. The minimum absolute atomic E-state index is 0.0731. The summed E-state index contributed by atoms with van der Waals surface area (Å²) in [5.74, 6) is -0.842. The highest BCUT2D eigenvalue weighted by atomic mass is 35.5. The highest BCUT2D eigenvalue weighted by Gasteiger charge is 2.35. The summed E-state index contributed by atoms with van der Waals surface area (Å²) in [6.07, 6.45) is -2.18. The molecule has 2 aromatic carbocycles. The van der Waals surface area contributed by atoms with Crippen LogP contribution >= 0.6 is 23.2 Å². The maximum atomic E-state index is 13.5. The third-order valence-corrected chi connectivity index (χ3v) is 8.00. The molecule has 0 saturated carbocycles. The number of alkyl halides is 3. The van der Waals surface area contributed by atoms with Gasteiger partial charge in [-0.1, -0.05) is 30.1 Å². The van der Waals surface area contributed by atoms with Gasteiger partial charge in [-0.3, -0.25) is 9.59 Å². The second-order valence-electron chi connectivity index (χ2n) is 9.89. The van der Waals surface area contributed by atoms with Crippen LogP contribution in [0.4, 0.5) is 13.2 Å². The van der Waals surface area contributed by atoms with Crippen LogP contribution in [0.3, 0.4) is 0 Å². The van der Waals surface area contributed by atoms with Gasteiger partial charge in [-0.2, -0.15) is 13.2 Å². The lowest BCUT2D eigenvalue weighted by atomic mass is 9.86. The molecular weight excluding hydrogens is 540 g/mol. The average molecular weight is 569 g/mol. The van der Waals surface area contributed by atoms with Crippen LogP contribution in [0.5, 0.6) is 0 Å². The molecule has 0 N–H and O–H groups in total. The predicted octanol–water partition coefficient (Wildman–Crippen LogP) is 7.29. The molecule has 0 bridgehead atoms. The average Bonchev–Trinajstić information content (AvgIpc) is 3.16. The number of benzene rings is 2. The third kappa shape index (κ3) is 5.38. The van der Waals surface area contributed by atoms with E-state index in [1.807, 2.05) is 11.5 Å². The number of aryl methyl sites for hydroxylation is 2. The highest BCUT2D eigenvalue weighted by molar-refractivity contribution is 6.38. The Labute approximate surface area is 229 Å². The van der Waals surface area contributed by atoms with E-state index in [1.54, 1.807) is 44.0 Å². The van der Waals surface area contributed by atoms with Gasteiger partial charge in [-0.25, -0.2) is 0 Å². The van der Waals surface area contributed by atoms with Crippen molar-refractivity contribution < 1.29 is 27.5 Å². The Hall–Kier alpha value is -2.71. The first-order valence-electron chi connectivity index (χ1n) is 12.4. The number of piperidine rings is 1. The molecule has 38 heavy (non-hydrogen) atoms. The standard InChI is InChI=1S/C28H29Cl2F3N2O3/c1-5-38-27(37)19-8-9-34(12-16(19)3)26(36)20-6-7-23(29)22(24(20)30)14-35-13-17(4)21-11-18(28(31,32)33)10-15(2)25(21)35/h6-7,10-11,13,16,19H,5,8-9,12,14H2,1-4H3/t16?,19-/m1/s1. The molecule has 204 valence electrons. The van der Waals surface area contributed by atoms with Crippen LogP contribution in [0.2, 0.25) is 10.0 Å². The Bertz CT molecular complexity index is 1400. The summed E-state index contributed by atoms with van der Waals surface area (Å²) in [6, 6.07) is 5.47. The van der Waals surface area contributed by atoms with Crippen LogP contribution in [0.15, 0.2) is 30.5 Å². The molecule has 10 heteroatoms. The first-order valence-corrected chi connectivity index (χ1v) is 13.2. The number of halogens is 5. The Kier molecular flexibility index (Phi) is 8.05. The number of rotatable bonds is 5. The van der Waals surface area contributed by atoms with Gasteiger partial charge in [0.1, 0.15) is 0 Å². The zero-order chi connectivity index (χ0) is 27.9. The molecule has 1 fully saturated rings. The number of carbonyl (C=O) groups is 2. The number of aromatic nitrogens is 1. The molecule has 2 atom stereocenters. The molecule has 0 spiro atoms. The lowest BCUT2D eigenvalue weighted by Crippen LogP contribution is -2.45. The smallest absolute Gasteiger partial charge is 0.416 e. The van der Waals surface area contributed by atoms with Crippen molar-refractivity contribution in [1.29, 1.82) is 0 Å². The van der Waals surface area contributed by atoms with Gasteiger partial charge in [-0.05, 0) is 68.5 Å². The first-order chi connectivity index (χ1) is 17.8. The van der Waals surface area contributed by atoms with Crippen molar-refractivity contribution in [2.45, 2.75) is 46.8 Å².